The van der Waals surface area contributed by atoms with Crippen LogP contribution < -0.4 is 0 Å². The van der Waals surface area contributed by atoms with Gasteiger partial charge in [0.05, 0.1) is 6.04 Å². The molecule has 1 atom stereocenters. The van der Waals surface area contributed by atoms with Gasteiger partial charge in [-0.25, -0.2) is 4.79 Å². The lowest BCUT2D eigenvalue weighted by Crippen LogP contribution is -2.34. The maximum Gasteiger partial charge on any atom is 0.327 e. The Kier molecular flexibility index (Phi) is 5.10. The van der Waals surface area contributed by atoms with Gasteiger partial charge in [0.15, 0.2) is 0 Å². The van der Waals surface area contributed by atoms with Crippen LogP contribution in [0.25, 0.3) is 11.1 Å². The van der Waals surface area contributed by atoms with E-state index in [2.05, 4.69) is 6.07 Å². The van der Waals surface area contributed by atoms with Gasteiger partial charge in [-0.1, -0.05) is 30.3 Å². The maximum atomic E-state index is 12.5. The number of urea groups is 1. The first-order valence-corrected chi connectivity index (χ1v) is 10.5. The second-order valence-electron chi connectivity index (χ2n) is 8.25. The van der Waals surface area contributed by atoms with Crippen LogP contribution >= 0.6 is 0 Å². The molecule has 2 aromatic rings. The first-order valence-electron chi connectivity index (χ1n) is 10.5. The zero-order valence-electron chi connectivity index (χ0n) is 17.9. The van der Waals surface area contributed by atoms with Gasteiger partial charge in [-0.3, -0.25) is 14.5 Å². The quantitative estimate of drug-likeness (QED) is 0.705. The zero-order valence-corrected chi connectivity index (χ0v) is 17.9. The molecule has 0 aliphatic carbocycles. The van der Waals surface area contributed by atoms with Crippen LogP contribution in [0, 0.1) is 0 Å². The van der Waals surface area contributed by atoms with E-state index in [1.165, 1.54) is 4.90 Å². The topological polar surface area (TPSA) is 60.9 Å². The van der Waals surface area contributed by atoms with Gasteiger partial charge in [-0.05, 0) is 62.1 Å². The number of benzene rings is 2. The van der Waals surface area contributed by atoms with Gasteiger partial charge < -0.3 is 9.80 Å². The summed E-state index contributed by atoms with van der Waals surface area (Å²) in [6.07, 6.45) is 0. The van der Waals surface area contributed by atoms with Crippen molar-refractivity contribution in [1.82, 2.24) is 14.7 Å². The molecule has 4 amide bonds. The summed E-state index contributed by atoms with van der Waals surface area (Å²) in [6.45, 7) is 8.99. The fourth-order valence-corrected chi connectivity index (χ4v) is 4.25. The van der Waals surface area contributed by atoms with Crippen molar-refractivity contribution in [1.29, 1.82) is 0 Å². The lowest BCUT2D eigenvalue weighted by atomic mass is 9.98. The molecule has 6 heteroatoms. The SMILES string of the molecule is CCN1C(=O)CN([C@H](C)c2ccc(-c3ccc4c(c3)CN(C(C)C)C4=O)cc2)C1=O. The molecule has 4 rings (SSSR count). The van der Waals surface area contributed by atoms with Crippen LogP contribution in [0.3, 0.4) is 0 Å². The zero-order chi connectivity index (χ0) is 21.6. The molecule has 0 aromatic heterocycles. The molecule has 1 saturated heterocycles. The van der Waals surface area contributed by atoms with Crippen LogP contribution in [0.1, 0.15) is 55.2 Å². The van der Waals surface area contributed by atoms with E-state index in [0.717, 1.165) is 27.8 Å². The Morgan fingerprint density at radius 3 is 2.13 bits per heavy atom. The fraction of sp³-hybridized carbons (Fsp3) is 0.375. The predicted molar refractivity (Wildman–Crippen MR) is 115 cm³/mol. The van der Waals surface area contributed by atoms with Crippen LogP contribution in [-0.2, 0) is 11.3 Å². The molecular weight excluding hydrogens is 378 g/mol. The van der Waals surface area contributed by atoms with Crippen LogP contribution in [0.15, 0.2) is 42.5 Å². The van der Waals surface area contributed by atoms with Gasteiger partial charge in [0, 0.05) is 24.7 Å². The number of likely N-dealkylation sites (N-methyl/N-ethyl adjacent to an activating group) is 1. The van der Waals surface area contributed by atoms with Crippen LogP contribution in [0.2, 0.25) is 0 Å². The Morgan fingerprint density at radius 2 is 1.53 bits per heavy atom. The number of hydrogen-bond donors (Lipinski definition) is 0. The second-order valence-corrected chi connectivity index (χ2v) is 8.25. The number of amides is 4. The van der Waals surface area contributed by atoms with E-state index >= 15 is 0 Å². The summed E-state index contributed by atoms with van der Waals surface area (Å²) in [5.74, 6) is -0.0456. The second kappa shape index (κ2) is 7.59. The molecule has 2 aliphatic heterocycles. The maximum absolute atomic E-state index is 12.5. The molecule has 2 aliphatic rings. The van der Waals surface area contributed by atoms with E-state index in [9.17, 15) is 14.4 Å². The summed E-state index contributed by atoms with van der Waals surface area (Å²) in [7, 11) is 0. The summed E-state index contributed by atoms with van der Waals surface area (Å²) < 4.78 is 0. The molecule has 0 spiro atoms. The van der Waals surface area contributed by atoms with Crippen LogP contribution in [0.5, 0.6) is 0 Å². The van der Waals surface area contributed by atoms with Gasteiger partial charge in [0.25, 0.3) is 5.91 Å². The molecule has 1 fully saturated rings. The highest BCUT2D eigenvalue weighted by atomic mass is 16.2. The normalized spacial score (nSPS) is 17.4. The summed E-state index contributed by atoms with van der Waals surface area (Å²) in [5, 5.41) is 0. The molecule has 6 nitrogen and oxygen atoms in total. The van der Waals surface area contributed by atoms with Gasteiger partial charge in [-0.15, -0.1) is 0 Å². The monoisotopic (exact) mass is 405 g/mol. The third-order valence-electron chi connectivity index (χ3n) is 6.15. The molecule has 0 bridgehead atoms. The molecule has 0 N–H and O–H groups in total. The van der Waals surface area contributed by atoms with E-state index in [0.29, 0.717) is 13.1 Å². The summed E-state index contributed by atoms with van der Waals surface area (Å²) >= 11 is 0. The number of fused-ring (bicyclic) bond motifs is 1. The minimum atomic E-state index is -0.225. The van der Waals surface area contributed by atoms with Gasteiger partial charge in [0.1, 0.15) is 6.54 Å². The molecule has 156 valence electrons. The molecule has 0 radical (unpaired) electrons. The molecule has 0 saturated carbocycles. The van der Waals surface area contributed by atoms with Crippen molar-refractivity contribution in [2.24, 2.45) is 0 Å². The van der Waals surface area contributed by atoms with E-state index in [1.807, 2.05) is 69.0 Å². The lowest BCUT2D eigenvalue weighted by Gasteiger charge is -2.24. The Morgan fingerprint density at radius 1 is 0.867 bits per heavy atom. The largest absolute Gasteiger partial charge is 0.332 e. The van der Waals surface area contributed by atoms with Crippen molar-refractivity contribution < 1.29 is 14.4 Å². The summed E-state index contributed by atoms with van der Waals surface area (Å²) in [5.41, 5.74) is 4.96. The molecular formula is C24H27N3O3. The van der Waals surface area contributed by atoms with Crippen LogP contribution in [0.4, 0.5) is 4.79 Å². The highest BCUT2D eigenvalue weighted by Gasteiger charge is 2.37. The number of nitrogens with zero attached hydrogens (tertiary/aromatic N) is 3. The van der Waals surface area contributed by atoms with Gasteiger partial charge in [0.2, 0.25) is 5.91 Å². The number of hydrogen-bond acceptors (Lipinski definition) is 3. The Hall–Kier alpha value is -3.15. The van der Waals surface area contributed by atoms with E-state index in [1.54, 1.807) is 4.90 Å². The molecule has 30 heavy (non-hydrogen) atoms. The van der Waals surface area contributed by atoms with E-state index in [-0.39, 0.29) is 36.5 Å². The fourth-order valence-electron chi connectivity index (χ4n) is 4.25. The van der Waals surface area contributed by atoms with E-state index < -0.39 is 0 Å². The van der Waals surface area contributed by atoms with Gasteiger partial charge >= 0.3 is 6.03 Å². The standard InChI is InChI=1S/C24H27N3O3/c1-5-25-22(28)14-27(24(25)30)16(4)17-6-8-18(9-7-17)19-10-11-21-20(12-19)13-26(15(2)3)23(21)29/h6-12,15-16H,5,13-14H2,1-4H3/t16-/m1/s1. The highest BCUT2D eigenvalue weighted by molar-refractivity contribution is 6.02. The molecule has 2 aromatic carbocycles. The summed E-state index contributed by atoms with van der Waals surface area (Å²) in [6, 6.07) is 13.8. The van der Waals surface area contributed by atoms with Crippen molar-refractivity contribution >= 4 is 17.8 Å². The van der Waals surface area contributed by atoms with Crippen molar-refractivity contribution in [2.45, 2.75) is 46.3 Å². The minimum absolute atomic E-state index is 0.0988. The average molecular weight is 405 g/mol. The first kappa shape index (κ1) is 20.1. The first-order chi connectivity index (χ1) is 14.3. The number of imide groups is 1. The Labute approximate surface area is 177 Å². The van der Waals surface area contributed by atoms with Crippen molar-refractivity contribution in [3.8, 4) is 11.1 Å². The lowest BCUT2D eigenvalue weighted by molar-refractivity contribution is -0.125. The average Bonchev–Trinajstić information content (AvgIpc) is 3.23. The summed E-state index contributed by atoms with van der Waals surface area (Å²) in [4.78, 5) is 41.8. The predicted octanol–water partition coefficient (Wildman–Crippen LogP) is 4.06. The highest BCUT2D eigenvalue weighted by Crippen LogP contribution is 2.31. The van der Waals surface area contributed by atoms with E-state index in [4.69, 9.17) is 0 Å². The Bertz CT molecular complexity index is 1010. The van der Waals surface area contributed by atoms with Crippen molar-refractivity contribution in [3.05, 3.63) is 59.2 Å². The molecule has 2 heterocycles. The van der Waals surface area contributed by atoms with Crippen LogP contribution in [-0.4, -0.2) is 51.7 Å². The van der Waals surface area contributed by atoms with Crippen molar-refractivity contribution in [2.75, 3.05) is 13.1 Å². The number of rotatable bonds is 5. The number of carbonyl (C=O) groups excluding carboxylic acids is 3. The third kappa shape index (κ3) is 3.26. The third-order valence-corrected chi connectivity index (χ3v) is 6.15. The Balaban J connectivity index is 1.54. The van der Waals surface area contributed by atoms with Crippen molar-refractivity contribution in [3.63, 3.8) is 0 Å². The smallest absolute Gasteiger partial charge is 0.327 e. The minimum Gasteiger partial charge on any atom is -0.332 e. The molecule has 0 unspecified atom stereocenters. The number of carbonyl (C=O) groups is 3. The van der Waals surface area contributed by atoms with Gasteiger partial charge in [-0.2, -0.15) is 0 Å².